The lowest BCUT2D eigenvalue weighted by molar-refractivity contribution is 0.103. The Hall–Kier alpha value is -2.41. The molecule has 3 N–H and O–H groups in total. The number of carbonyl (C=O) groups excluding carboxylic acids is 1. The van der Waals surface area contributed by atoms with Crippen molar-refractivity contribution in [2.45, 2.75) is 33.3 Å². The second-order valence-corrected chi connectivity index (χ2v) is 11.0. The van der Waals surface area contributed by atoms with Gasteiger partial charge in [0.15, 0.2) is 5.78 Å². The number of benzene rings is 2. The first-order chi connectivity index (χ1) is 16.5. The number of phosphoric acid groups is 1. The van der Waals surface area contributed by atoms with Crippen LogP contribution in [0.1, 0.15) is 48.2 Å². The van der Waals surface area contributed by atoms with E-state index in [1.54, 1.807) is 30.3 Å². The number of ether oxygens (including phenoxy) is 1. The van der Waals surface area contributed by atoms with Crippen molar-refractivity contribution in [1.29, 1.82) is 0 Å². The van der Waals surface area contributed by atoms with Gasteiger partial charge in [0, 0.05) is 16.9 Å². The van der Waals surface area contributed by atoms with Gasteiger partial charge in [0.05, 0.1) is 13.2 Å². The fourth-order valence-corrected chi connectivity index (χ4v) is 4.76. The maximum Gasteiger partial charge on any atom is 0.477 e. The maximum atomic E-state index is 12.5. The van der Waals surface area contributed by atoms with Crippen molar-refractivity contribution >= 4 is 21.2 Å². The van der Waals surface area contributed by atoms with Crippen LogP contribution >= 0.6 is 15.4 Å². The van der Waals surface area contributed by atoms with Crippen molar-refractivity contribution in [3.63, 3.8) is 0 Å². The lowest BCUT2D eigenvalue weighted by Gasteiger charge is -2.07. The van der Waals surface area contributed by atoms with E-state index in [9.17, 15) is 18.8 Å². The summed E-state index contributed by atoms with van der Waals surface area (Å²) < 4.78 is 31.8. The van der Waals surface area contributed by atoms with Gasteiger partial charge >= 0.3 is 15.4 Å². The minimum absolute atomic E-state index is 0.0171. The van der Waals surface area contributed by atoms with Crippen LogP contribution in [-0.2, 0) is 24.8 Å². The van der Waals surface area contributed by atoms with Gasteiger partial charge in [-0.15, -0.1) is 0 Å². The molecule has 0 saturated heterocycles. The molecule has 0 bridgehead atoms. The van der Waals surface area contributed by atoms with Crippen LogP contribution in [0.4, 0.5) is 0 Å². The fraction of sp³-hybridized carbons (Fsp3) is 0.240. The molecular weight excluding hydrogens is 490 g/mol. The van der Waals surface area contributed by atoms with Crippen molar-refractivity contribution in [3.05, 3.63) is 106 Å². The van der Waals surface area contributed by atoms with E-state index in [4.69, 9.17) is 14.5 Å². The van der Waals surface area contributed by atoms with Crippen molar-refractivity contribution in [2.75, 3.05) is 6.61 Å². The topological polar surface area (TPSA) is 130 Å². The molecule has 35 heavy (non-hydrogen) atoms. The first-order valence-corrected chi connectivity index (χ1v) is 14.0. The predicted octanol–water partition coefficient (Wildman–Crippen LogP) is 5.92. The Morgan fingerprint density at radius 2 is 1.54 bits per heavy atom. The summed E-state index contributed by atoms with van der Waals surface area (Å²) in [7, 11) is -9.55. The number of hydrogen-bond donors (Lipinski definition) is 3. The molecule has 1 unspecified atom stereocenters. The molecule has 2 aromatic carbocycles. The normalized spacial score (nSPS) is 14.8. The number of ketones is 1. The number of carbonyl (C=O) groups is 1. The molecule has 0 aliphatic rings. The molecule has 188 valence electrons. The lowest BCUT2D eigenvalue weighted by atomic mass is 10.0. The molecule has 0 radical (unpaired) electrons. The Bertz CT molecular complexity index is 1160. The van der Waals surface area contributed by atoms with Gasteiger partial charge in [-0.25, -0.2) is 8.88 Å². The zero-order chi connectivity index (χ0) is 25.9. The van der Waals surface area contributed by atoms with Gasteiger partial charge in [0.1, 0.15) is 0 Å². The molecule has 1 atom stereocenters. The SMILES string of the molecule is CC(=CC=CP(=O)(O)OP(=O)(O)O)CCC=C(C)COCc1ccc(C(=O)c2ccccc2)cc1. The fourth-order valence-electron chi connectivity index (χ4n) is 3.02. The molecule has 2 rings (SSSR count). The molecule has 0 aliphatic carbocycles. The molecule has 0 fully saturated rings. The van der Waals surface area contributed by atoms with Crippen molar-refractivity contribution < 1.29 is 37.7 Å². The van der Waals surface area contributed by atoms with E-state index in [1.165, 1.54) is 6.08 Å². The van der Waals surface area contributed by atoms with Gasteiger partial charge in [-0.2, -0.15) is 0 Å². The van der Waals surface area contributed by atoms with Gasteiger partial charge in [0.2, 0.25) is 0 Å². The highest BCUT2D eigenvalue weighted by Crippen LogP contribution is 2.57. The third kappa shape index (κ3) is 11.7. The third-order valence-corrected chi connectivity index (χ3v) is 7.10. The van der Waals surface area contributed by atoms with E-state index in [0.717, 1.165) is 28.9 Å². The van der Waals surface area contributed by atoms with Gasteiger partial charge in [-0.05, 0) is 32.3 Å². The van der Waals surface area contributed by atoms with Crippen molar-refractivity contribution in [2.24, 2.45) is 0 Å². The first-order valence-electron chi connectivity index (χ1n) is 10.8. The Kier molecular flexibility index (Phi) is 11.2. The molecule has 10 heteroatoms. The van der Waals surface area contributed by atoms with Crippen LogP contribution in [0.3, 0.4) is 0 Å². The van der Waals surface area contributed by atoms with Crippen LogP contribution in [0.15, 0.2) is 89.8 Å². The van der Waals surface area contributed by atoms with Gasteiger partial charge in [-0.1, -0.05) is 84.0 Å². The Morgan fingerprint density at radius 3 is 2.17 bits per heavy atom. The van der Waals surface area contributed by atoms with Crippen molar-refractivity contribution in [3.8, 4) is 0 Å². The van der Waals surface area contributed by atoms with E-state index >= 15 is 0 Å². The van der Waals surface area contributed by atoms with Gasteiger partial charge < -0.3 is 19.4 Å². The Balaban J connectivity index is 1.74. The predicted molar refractivity (Wildman–Crippen MR) is 135 cm³/mol. The summed E-state index contributed by atoms with van der Waals surface area (Å²) in [5.41, 5.74) is 4.22. The quantitative estimate of drug-likeness (QED) is 0.129. The van der Waals surface area contributed by atoms with Crippen LogP contribution in [0.2, 0.25) is 0 Å². The van der Waals surface area contributed by atoms with Gasteiger partial charge in [-0.3, -0.25) is 9.36 Å². The second kappa shape index (κ2) is 13.6. The number of hydrogen-bond acceptors (Lipinski definition) is 5. The number of rotatable bonds is 13. The second-order valence-electron chi connectivity index (χ2n) is 7.96. The highest BCUT2D eigenvalue weighted by atomic mass is 31.3. The number of allylic oxidation sites excluding steroid dienone is 4. The molecule has 0 heterocycles. The van der Waals surface area contributed by atoms with Crippen LogP contribution in [-0.4, -0.2) is 27.1 Å². The highest BCUT2D eigenvalue weighted by molar-refractivity contribution is 7.65. The van der Waals surface area contributed by atoms with Crippen molar-refractivity contribution in [1.82, 2.24) is 0 Å². The summed E-state index contributed by atoms with van der Waals surface area (Å²) in [5.74, 6) is 0.714. The summed E-state index contributed by atoms with van der Waals surface area (Å²) in [5, 5.41) is 0. The van der Waals surface area contributed by atoms with E-state index in [0.29, 0.717) is 30.8 Å². The largest absolute Gasteiger partial charge is 0.477 e. The molecule has 8 nitrogen and oxygen atoms in total. The standard InChI is InChI=1S/C25H30O8P2/c1-20(10-7-17-34(27,28)33-35(29,30)31)8-6-9-21(2)18-32-19-22-13-15-24(16-14-22)25(26)23-11-4-3-5-12-23/h3-5,7,9-17H,6,8,18-19H2,1-2H3,(H,27,28)(H2,29,30,31). The summed E-state index contributed by atoms with van der Waals surface area (Å²) in [6.07, 6.45) is 6.28. The molecule has 0 saturated carbocycles. The average Bonchev–Trinajstić information content (AvgIpc) is 2.78. The van der Waals surface area contributed by atoms with E-state index in [1.807, 2.05) is 50.3 Å². The summed E-state index contributed by atoms with van der Waals surface area (Å²) >= 11 is 0. The minimum atomic E-state index is -5.05. The van der Waals surface area contributed by atoms with Crippen LogP contribution < -0.4 is 0 Å². The summed E-state index contributed by atoms with van der Waals surface area (Å²) in [6.45, 7) is 4.68. The lowest BCUT2D eigenvalue weighted by Crippen LogP contribution is -2.02. The maximum absolute atomic E-state index is 12.5. The first kappa shape index (κ1) is 28.8. The molecule has 0 aromatic heterocycles. The Labute approximate surface area is 205 Å². The Morgan fingerprint density at radius 1 is 0.914 bits per heavy atom. The van der Waals surface area contributed by atoms with Crippen LogP contribution in [0.5, 0.6) is 0 Å². The van der Waals surface area contributed by atoms with E-state index in [-0.39, 0.29) is 5.78 Å². The monoisotopic (exact) mass is 520 g/mol. The zero-order valence-electron chi connectivity index (χ0n) is 19.6. The van der Waals surface area contributed by atoms with E-state index in [2.05, 4.69) is 4.31 Å². The molecule has 0 amide bonds. The van der Waals surface area contributed by atoms with Crippen LogP contribution in [0.25, 0.3) is 0 Å². The third-order valence-electron chi connectivity index (χ3n) is 4.76. The molecular formula is C25H30O8P2. The van der Waals surface area contributed by atoms with Crippen LogP contribution in [0, 0.1) is 0 Å². The van der Waals surface area contributed by atoms with E-state index < -0.39 is 15.4 Å². The average molecular weight is 520 g/mol. The highest BCUT2D eigenvalue weighted by Gasteiger charge is 2.27. The smallest absolute Gasteiger partial charge is 0.372 e. The zero-order valence-corrected chi connectivity index (χ0v) is 21.4. The molecule has 2 aromatic rings. The van der Waals surface area contributed by atoms with Gasteiger partial charge in [0.25, 0.3) is 0 Å². The summed E-state index contributed by atoms with van der Waals surface area (Å²) in [4.78, 5) is 39.0. The molecule has 0 aliphatic heterocycles. The summed E-state index contributed by atoms with van der Waals surface area (Å²) in [6, 6.07) is 16.5. The molecule has 0 spiro atoms. The minimum Gasteiger partial charge on any atom is -0.372 e.